The summed E-state index contributed by atoms with van der Waals surface area (Å²) in [7, 11) is 0. The fourth-order valence-corrected chi connectivity index (χ4v) is 1.30. The van der Waals surface area contributed by atoms with Crippen LogP contribution >= 0.6 is 0 Å². The monoisotopic (exact) mass is 226 g/mol. The molecule has 0 aliphatic rings. The van der Waals surface area contributed by atoms with Gasteiger partial charge in [0.2, 0.25) is 0 Å². The molecule has 0 radical (unpaired) electrons. The lowest BCUT2D eigenvalue weighted by atomic mass is 10.3. The Kier molecular flexibility index (Phi) is 4.78. The van der Waals surface area contributed by atoms with E-state index in [0.29, 0.717) is 25.2 Å². The Balaban J connectivity index is 2.49. The van der Waals surface area contributed by atoms with Gasteiger partial charge in [-0.15, -0.1) is 0 Å². The van der Waals surface area contributed by atoms with E-state index in [1.165, 1.54) is 0 Å². The van der Waals surface area contributed by atoms with Crippen molar-refractivity contribution in [3.8, 4) is 0 Å². The van der Waals surface area contributed by atoms with E-state index in [1.54, 1.807) is 10.9 Å². The van der Waals surface area contributed by atoms with Crippen LogP contribution < -0.4 is 11.1 Å². The first-order chi connectivity index (χ1) is 7.69. The summed E-state index contributed by atoms with van der Waals surface area (Å²) < 4.78 is 1.62. The van der Waals surface area contributed by atoms with Gasteiger partial charge in [0.15, 0.2) is 5.69 Å². The van der Waals surface area contributed by atoms with E-state index in [0.717, 1.165) is 6.42 Å². The Bertz CT molecular complexity index is 349. The number of hydrogen-bond donors (Lipinski definition) is 3. The van der Waals surface area contributed by atoms with Crippen LogP contribution in [0.4, 0.5) is 5.69 Å². The number of nitrogens with one attached hydrogen (secondary N) is 1. The lowest BCUT2D eigenvalue weighted by Gasteiger charge is -2.02. The van der Waals surface area contributed by atoms with Gasteiger partial charge in [0.05, 0.1) is 5.69 Å². The highest BCUT2D eigenvalue weighted by Crippen LogP contribution is 2.08. The van der Waals surface area contributed by atoms with E-state index >= 15 is 0 Å². The minimum absolute atomic E-state index is 0.141. The smallest absolute Gasteiger partial charge is 0.273 e. The zero-order valence-electron chi connectivity index (χ0n) is 9.44. The van der Waals surface area contributed by atoms with Gasteiger partial charge in [0.1, 0.15) is 0 Å². The number of amides is 1. The third kappa shape index (κ3) is 3.23. The second-order valence-corrected chi connectivity index (χ2v) is 3.48. The second kappa shape index (κ2) is 6.12. The van der Waals surface area contributed by atoms with Crippen molar-refractivity contribution in [2.24, 2.45) is 0 Å². The maximum absolute atomic E-state index is 11.6. The summed E-state index contributed by atoms with van der Waals surface area (Å²) in [5, 5.41) is 15.3. The van der Waals surface area contributed by atoms with E-state index in [9.17, 15) is 4.79 Å². The number of aliphatic hydroxyl groups excluding tert-OH is 1. The van der Waals surface area contributed by atoms with Crippen LogP contribution in [-0.2, 0) is 6.54 Å². The average molecular weight is 226 g/mol. The fraction of sp³-hybridized carbons (Fsp3) is 0.600. The minimum atomic E-state index is -0.261. The van der Waals surface area contributed by atoms with E-state index in [2.05, 4.69) is 10.4 Å². The molecule has 4 N–H and O–H groups in total. The lowest BCUT2D eigenvalue weighted by molar-refractivity contribution is 0.0947. The van der Waals surface area contributed by atoms with Crippen molar-refractivity contribution in [2.75, 3.05) is 18.9 Å². The normalized spacial score (nSPS) is 10.4. The minimum Gasteiger partial charge on any atom is -0.396 e. The average Bonchev–Trinajstić information content (AvgIpc) is 2.66. The molecule has 0 atom stereocenters. The molecular formula is C10H18N4O2. The molecule has 0 aromatic carbocycles. The number of nitrogen functional groups attached to an aromatic ring is 1. The first kappa shape index (κ1) is 12.5. The number of aliphatic hydroxyl groups is 1. The highest BCUT2D eigenvalue weighted by molar-refractivity contribution is 5.96. The Labute approximate surface area is 94.4 Å². The predicted molar refractivity (Wildman–Crippen MR) is 61.0 cm³/mol. The molecule has 90 valence electrons. The summed E-state index contributed by atoms with van der Waals surface area (Å²) in [5.74, 6) is -0.261. The summed E-state index contributed by atoms with van der Waals surface area (Å²) in [6, 6.07) is 0. The maximum atomic E-state index is 11.6. The summed E-state index contributed by atoms with van der Waals surface area (Å²) in [5.41, 5.74) is 6.32. The number of carbonyl (C=O) groups is 1. The van der Waals surface area contributed by atoms with E-state index in [4.69, 9.17) is 10.8 Å². The van der Waals surface area contributed by atoms with Gasteiger partial charge in [-0.25, -0.2) is 0 Å². The fourth-order valence-electron chi connectivity index (χ4n) is 1.30. The number of nitrogens with zero attached hydrogens (tertiary/aromatic N) is 2. The van der Waals surface area contributed by atoms with E-state index < -0.39 is 0 Å². The van der Waals surface area contributed by atoms with Gasteiger partial charge in [0.25, 0.3) is 5.91 Å². The van der Waals surface area contributed by atoms with Gasteiger partial charge < -0.3 is 16.2 Å². The first-order valence-corrected chi connectivity index (χ1v) is 5.41. The van der Waals surface area contributed by atoms with Crippen molar-refractivity contribution < 1.29 is 9.90 Å². The number of rotatable bonds is 6. The molecule has 6 nitrogen and oxygen atoms in total. The number of anilines is 1. The van der Waals surface area contributed by atoms with Crippen LogP contribution in [0, 0.1) is 0 Å². The molecule has 1 aromatic heterocycles. The number of hydrogen-bond acceptors (Lipinski definition) is 4. The number of unbranched alkanes of at least 4 members (excludes halogenated alkanes) is 1. The van der Waals surface area contributed by atoms with Crippen molar-refractivity contribution in [2.45, 2.75) is 26.3 Å². The van der Waals surface area contributed by atoms with Crippen molar-refractivity contribution in [1.82, 2.24) is 15.1 Å². The van der Waals surface area contributed by atoms with Crippen LogP contribution in [0.5, 0.6) is 0 Å². The third-order valence-electron chi connectivity index (χ3n) is 2.20. The van der Waals surface area contributed by atoms with Crippen molar-refractivity contribution in [3.05, 3.63) is 11.9 Å². The summed E-state index contributed by atoms with van der Waals surface area (Å²) in [4.78, 5) is 11.6. The van der Waals surface area contributed by atoms with E-state index in [-0.39, 0.29) is 18.2 Å². The maximum Gasteiger partial charge on any atom is 0.273 e. The summed E-state index contributed by atoms with van der Waals surface area (Å²) in [6.45, 7) is 3.28. The molecule has 1 amide bonds. The molecule has 16 heavy (non-hydrogen) atoms. The second-order valence-electron chi connectivity index (χ2n) is 3.48. The molecule has 1 heterocycles. The van der Waals surface area contributed by atoms with Crippen LogP contribution in [-0.4, -0.2) is 33.9 Å². The van der Waals surface area contributed by atoms with Gasteiger partial charge in [0, 0.05) is 25.9 Å². The topological polar surface area (TPSA) is 93.2 Å². The third-order valence-corrected chi connectivity index (χ3v) is 2.20. The van der Waals surface area contributed by atoms with Gasteiger partial charge >= 0.3 is 0 Å². The van der Waals surface area contributed by atoms with Crippen LogP contribution in [0.2, 0.25) is 0 Å². The zero-order chi connectivity index (χ0) is 12.0. The molecule has 0 fully saturated rings. The Morgan fingerprint density at radius 3 is 2.94 bits per heavy atom. The SMILES string of the molecule is CCn1cc(N)c(C(=O)NCCCCO)n1. The summed E-state index contributed by atoms with van der Waals surface area (Å²) in [6.07, 6.45) is 3.07. The quantitative estimate of drug-likeness (QED) is 0.595. The highest BCUT2D eigenvalue weighted by atomic mass is 16.2. The van der Waals surface area contributed by atoms with Gasteiger partial charge in [-0.1, -0.05) is 0 Å². The molecule has 6 heteroatoms. The molecule has 0 aliphatic carbocycles. The Morgan fingerprint density at radius 1 is 1.62 bits per heavy atom. The number of aromatic nitrogens is 2. The number of aryl methyl sites for hydroxylation is 1. The lowest BCUT2D eigenvalue weighted by Crippen LogP contribution is -2.26. The number of carbonyl (C=O) groups excluding carboxylic acids is 1. The van der Waals surface area contributed by atoms with Crippen molar-refractivity contribution in [3.63, 3.8) is 0 Å². The Morgan fingerprint density at radius 2 is 2.38 bits per heavy atom. The molecule has 1 rings (SSSR count). The van der Waals surface area contributed by atoms with Crippen molar-refractivity contribution in [1.29, 1.82) is 0 Å². The highest BCUT2D eigenvalue weighted by Gasteiger charge is 2.13. The first-order valence-electron chi connectivity index (χ1n) is 5.41. The van der Waals surface area contributed by atoms with E-state index in [1.807, 2.05) is 6.92 Å². The molecule has 1 aromatic rings. The predicted octanol–water partition coefficient (Wildman–Crippen LogP) is -0.0125. The molecule has 0 unspecified atom stereocenters. The van der Waals surface area contributed by atoms with Gasteiger partial charge in [-0.3, -0.25) is 9.48 Å². The largest absolute Gasteiger partial charge is 0.396 e. The molecular weight excluding hydrogens is 208 g/mol. The molecule has 0 spiro atoms. The van der Waals surface area contributed by atoms with Crippen LogP contribution in [0.3, 0.4) is 0 Å². The van der Waals surface area contributed by atoms with Crippen molar-refractivity contribution >= 4 is 11.6 Å². The van der Waals surface area contributed by atoms with Crippen LogP contribution in [0.25, 0.3) is 0 Å². The van der Waals surface area contributed by atoms with Gasteiger partial charge in [-0.2, -0.15) is 5.10 Å². The van der Waals surface area contributed by atoms with Crippen LogP contribution in [0.1, 0.15) is 30.3 Å². The number of nitrogens with two attached hydrogens (primary N) is 1. The Hall–Kier alpha value is -1.56. The summed E-state index contributed by atoms with van der Waals surface area (Å²) >= 11 is 0. The molecule has 0 saturated carbocycles. The molecule has 0 bridgehead atoms. The van der Waals surface area contributed by atoms with Gasteiger partial charge in [-0.05, 0) is 19.8 Å². The standard InChI is InChI=1S/C10H18N4O2/c1-2-14-7-8(11)9(13-14)10(16)12-5-3-4-6-15/h7,15H,2-6,11H2,1H3,(H,12,16). The van der Waals surface area contributed by atoms with Crippen LogP contribution in [0.15, 0.2) is 6.20 Å². The zero-order valence-corrected chi connectivity index (χ0v) is 9.44. The molecule has 0 aliphatic heterocycles. The molecule has 0 saturated heterocycles.